The van der Waals surface area contributed by atoms with Crippen molar-refractivity contribution in [3.63, 3.8) is 0 Å². The zero-order valence-electron chi connectivity index (χ0n) is 11.6. The van der Waals surface area contributed by atoms with Gasteiger partial charge in [0, 0.05) is 25.6 Å². The Balaban J connectivity index is 1.83. The minimum atomic E-state index is 0.446. The van der Waals surface area contributed by atoms with Crippen LogP contribution in [0.2, 0.25) is 0 Å². The van der Waals surface area contributed by atoms with Crippen LogP contribution in [0.15, 0.2) is 0 Å². The number of aryl methyl sites for hydroxylation is 2. The van der Waals surface area contributed by atoms with E-state index in [4.69, 9.17) is 0 Å². The maximum Gasteiger partial charge on any atom is 0.148 e. The van der Waals surface area contributed by atoms with Gasteiger partial charge in [-0.15, -0.1) is 0 Å². The standard InChI is InChI=1S/C14H24N4/c1-11-12-13(18(2)17-11)16-10-14(9-15-12)7-5-3-4-6-8-14/h15-16H,3-10H2,1-2H3. The molecule has 3 rings (SSSR count). The van der Waals surface area contributed by atoms with Crippen LogP contribution in [0.5, 0.6) is 0 Å². The summed E-state index contributed by atoms with van der Waals surface area (Å²) in [6.07, 6.45) is 8.30. The number of nitrogens with one attached hydrogen (secondary N) is 2. The lowest BCUT2D eigenvalue weighted by Gasteiger charge is -2.31. The molecule has 0 radical (unpaired) electrons. The number of anilines is 2. The van der Waals surface area contributed by atoms with E-state index in [-0.39, 0.29) is 0 Å². The van der Waals surface area contributed by atoms with Crippen molar-refractivity contribution < 1.29 is 0 Å². The smallest absolute Gasteiger partial charge is 0.148 e. The van der Waals surface area contributed by atoms with E-state index in [1.165, 1.54) is 44.2 Å². The highest BCUT2D eigenvalue weighted by atomic mass is 15.3. The van der Waals surface area contributed by atoms with Gasteiger partial charge in [0.2, 0.25) is 0 Å². The molecule has 1 aliphatic heterocycles. The normalized spacial score (nSPS) is 22.6. The van der Waals surface area contributed by atoms with E-state index in [9.17, 15) is 0 Å². The molecule has 4 heteroatoms. The SMILES string of the molecule is Cc1nn(C)c2c1NCC1(CCCCCC1)CN2. The molecule has 1 aliphatic carbocycles. The molecule has 0 saturated heterocycles. The Labute approximate surface area is 109 Å². The number of aromatic nitrogens is 2. The van der Waals surface area contributed by atoms with Crippen molar-refractivity contribution in [3.05, 3.63) is 5.69 Å². The summed E-state index contributed by atoms with van der Waals surface area (Å²) in [6, 6.07) is 0. The molecule has 0 atom stereocenters. The number of hydrogen-bond donors (Lipinski definition) is 2. The van der Waals surface area contributed by atoms with Gasteiger partial charge in [-0.1, -0.05) is 25.7 Å². The average molecular weight is 248 g/mol. The molecule has 1 aromatic heterocycles. The maximum atomic E-state index is 4.48. The molecule has 0 unspecified atom stereocenters. The molecule has 2 N–H and O–H groups in total. The van der Waals surface area contributed by atoms with E-state index >= 15 is 0 Å². The lowest BCUT2D eigenvalue weighted by atomic mass is 9.80. The van der Waals surface area contributed by atoms with Crippen molar-refractivity contribution in [2.75, 3.05) is 23.7 Å². The molecule has 1 aromatic rings. The molecule has 18 heavy (non-hydrogen) atoms. The number of hydrogen-bond acceptors (Lipinski definition) is 3. The summed E-state index contributed by atoms with van der Waals surface area (Å²) in [5.41, 5.74) is 2.76. The Hall–Kier alpha value is -1.19. The Kier molecular flexibility index (Phi) is 2.96. The first kappa shape index (κ1) is 11.9. The summed E-state index contributed by atoms with van der Waals surface area (Å²) in [6.45, 7) is 4.27. The molecule has 1 spiro atoms. The summed E-state index contributed by atoms with van der Waals surface area (Å²) in [5, 5.41) is 11.8. The van der Waals surface area contributed by atoms with E-state index in [1.54, 1.807) is 0 Å². The largest absolute Gasteiger partial charge is 0.380 e. The minimum absolute atomic E-state index is 0.446. The summed E-state index contributed by atoms with van der Waals surface area (Å²) in [7, 11) is 2.02. The second kappa shape index (κ2) is 4.48. The van der Waals surface area contributed by atoms with E-state index in [0.717, 1.165) is 24.6 Å². The highest BCUT2D eigenvalue weighted by Gasteiger charge is 2.34. The Morgan fingerprint density at radius 3 is 2.44 bits per heavy atom. The molecule has 100 valence electrons. The summed E-state index contributed by atoms with van der Waals surface area (Å²) < 4.78 is 1.97. The van der Waals surface area contributed by atoms with Crippen LogP contribution in [0, 0.1) is 12.3 Å². The van der Waals surface area contributed by atoms with Gasteiger partial charge in [0.05, 0.1) is 5.69 Å². The van der Waals surface area contributed by atoms with Crippen LogP contribution in [0.25, 0.3) is 0 Å². The Morgan fingerprint density at radius 1 is 1.06 bits per heavy atom. The lowest BCUT2D eigenvalue weighted by molar-refractivity contribution is 0.285. The van der Waals surface area contributed by atoms with Crippen LogP contribution < -0.4 is 10.6 Å². The summed E-state index contributed by atoms with van der Waals surface area (Å²) in [4.78, 5) is 0. The van der Waals surface area contributed by atoms with E-state index in [1.807, 2.05) is 11.7 Å². The van der Waals surface area contributed by atoms with Gasteiger partial charge in [-0.05, 0) is 19.8 Å². The van der Waals surface area contributed by atoms with Gasteiger partial charge in [0.1, 0.15) is 11.5 Å². The molecule has 4 nitrogen and oxygen atoms in total. The third-order valence-electron chi connectivity index (χ3n) is 4.66. The molecule has 0 aromatic carbocycles. The molecule has 0 bridgehead atoms. The first-order valence-electron chi connectivity index (χ1n) is 7.22. The minimum Gasteiger partial charge on any atom is -0.380 e. The van der Waals surface area contributed by atoms with Crippen molar-refractivity contribution in [1.29, 1.82) is 0 Å². The van der Waals surface area contributed by atoms with Gasteiger partial charge in [0.15, 0.2) is 0 Å². The van der Waals surface area contributed by atoms with Crippen molar-refractivity contribution in [3.8, 4) is 0 Å². The third-order valence-corrected chi connectivity index (χ3v) is 4.66. The summed E-state index contributed by atoms with van der Waals surface area (Å²) in [5.74, 6) is 1.16. The van der Waals surface area contributed by atoms with Gasteiger partial charge < -0.3 is 10.6 Å². The average Bonchev–Trinajstić information content (AvgIpc) is 2.58. The summed E-state index contributed by atoms with van der Waals surface area (Å²) >= 11 is 0. The van der Waals surface area contributed by atoms with E-state index in [2.05, 4.69) is 22.7 Å². The number of nitrogens with zero attached hydrogens (tertiary/aromatic N) is 2. The van der Waals surface area contributed by atoms with Crippen molar-refractivity contribution >= 4 is 11.5 Å². The van der Waals surface area contributed by atoms with Crippen LogP contribution >= 0.6 is 0 Å². The zero-order chi connectivity index (χ0) is 12.6. The van der Waals surface area contributed by atoms with Crippen molar-refractivity contribution in [1.82, 2.24) is 9.78 Å². The Bertz CT molecular complexity index is 397. The van der Waals surface area contributed by atoms with Gasteiger partial charge in [-0.25, -0.2) is 0 Å². The third kappa shape index (κ3) is 1.98. The number of rotatable bonds is 0. The van der Waals surface area contributed by atoms with E-state index < -0.39 is 0 Å². The molecule has 2 aliphatic rings. The molecule has 1 saturated carbocycles. The Morgan fingerprint density at radius 2 is 1.72 bits per heavy atom. The molecule has 2 heterocycles. The molecule has 0 amide bonds. The van der Waals surface area contributed by atoms with Crippen LogP contribution in [-0.2, 0) is 7.05 Å². The first-order valence-corrected chi connectivity index (χ1v) is 7.22. The second-order valence-electron chi connectivity index (χ2n) is 6.05. The monoisotopic (exact) mass is 248 g/mol. The molecular formula is C14H24N4. The predicted octanol–water partition coefficient (Wildman–Crippen LogP) is 2.91. The highest BCUT2D eigenvalue weighted by molar-refractivity contribution is 5.69. The van der Waals surface area contributed by atoms with Gasteiger partial charge in [0.25, 0.3) is 0 Å². The topological polar surface area (TPSA) is 41.9 Å². The first-order chi connectivity index (χ1) is 8.70. The van der Waals surface area contributed by atoms with E-state index in [0.29, 0.717) is 5.41 Å². The van der Waals surface area contributed by atoms with Crippen molar-refractivity contribution in [2.45, 2.75) is 45.4 Å². The van der Waals surface area contributed by atoms with Crippen LogP contribution in [0.3, 0.4) is 0 Å². The molecular weight excluding hydrogens is 224 g/mol. The van der Waals surface area contributed by atoms with Gasteiger partial charge in [-0.3, -0.25) is 4.68 Å². The fraction of sp³-hybridized carbons (Fsp3) is 0.786. The quantitative estimate of drug-likeness (QED) is 0.742. The molecule has 1 fully saturated rings. The van der Waals surface area contributed by atoms with Crippen LogP contribution in [0.4, 0.5) is 11.5 Å². The lowest BCUT2D eigenvalue weighted by Crippen LogP contribution is -2.34. The van der Waals surface area contributed by atoms with Gasteiger partial charge >= 0.3 is 0 Å². The zero-order valence-corrected chi connectivity index (χ0v) is 11.6. The maximum absolute atomic E-state index is 4.48. The van der Waals surface area contributed by atoms with Crippen LogP contribution in [0.1, 0.15) is 44.2 Å². The predicted molar refractivity (Wildman–Crippen MR) is 75.1 cm³/mol. The van der Waals surface area contributed by atoms with Crippen LogP contribution in [-0.4, -0.2) is 22.9 Å². The highest BCUT2D eigenvalue weighted by Crippen LogP contribution is 2.39. The second-order valence-corrected chi connectivity index (χ2v) is 6.05. The van der Waals surface area contributed by atoms with Crippen molar-refractivity contribution in [2.24, 2.45) is 12.5 Å². The van der Waals surface area contributed by atoms with Gasteiger partial charge in [-0.2, -0.15) is 5.10 Å². The number of fused-ring (bicyclic) bond motifs is 1. The fourth-order valence-corrected chi connectivity index (χ4v) is 3.51. The fourth-order valence-electron chi connectivity index (χ4n) is 3.51.